The first-order chi connectivity index (χ1) is 7.27. The number of ketones is 1. The van der Waals surface area contributed by atoms with Gasteiger partial charge in [0.05, 0.1) is 22.8 Å². The lowest BCUT2D eigenvalue weighted by atomic mass is 9.99. The van der Waals surface area contributed by atoms with Gasteiger partial charge in [-0.15, -0.1) is 0 Å². The van der Waals surface area contributed by atoms with Crippen molar-refractivity contribution in [3.05, 3.63) is 28.8 Å². The van der Waals surface area contributed by atoms with E-state index in [1.807, 2.05) is 0 Å². The molecule has 1 aromatic rings. The number of alkyl halides is 3. The Morgan fingerprint density at radius 3 is 2.38 bits per heavy atom. The predicted octanol–water partition coefficient (Wildman–Crippen LogP) is 2.36. The van der Waals surface area contributed by atoms with Crippen molar-refractivity contribution in [2.24, 2.45) is 0 Å². The molecule has 1 rings (SSSR count). The Morgan fingerprint density at radius 2 is 2.00 bits per heavy atom. The maximum absolute atomic E-state index is 12.4. The molecule has 0 aliphatic rings. The average Bonchev–Trinajstić information content (AvgIpc) is 2.14. The molecule has 2 N–H and O–H groups in total. The van der Waals surface area contributed by atoms with Crippen molar-refractivity contribution in [2.45, 2.75) is 13.1 Å². The number of carbonyl (C=O) groups excluding carboxylic acids is 1. The third-order valence-corrected chi connectivity index (χ3v) is 1.97. The Balaban J connectivity index is 3.52. The number of hydrogen-bond donors (Lipinski definition) is 1. The van der Waals surface area contributed by atoms with Crippen LogP contribution < -0.4 is 5.73 Å². The third kappa shape index (κ3) is 2.14. The van der Waals surface area contributed by atoms with Gasteiger partial charge >= 0.3 is 6.18 Å². The fourth-order valence-corrected chi connectivity index (χ4v) is 1.31. The van der Waals surface area contributed by atoms with Crippen LogP contribution in [0.1, 0.15) is 28.4 Å². The van der Waals surface area contributed by atoms with E-state index in [0.29, 0.717) is 12.1 Å². The summed E-state index contributed by atoms with van der Waals surface area (Å²) < 4.78 is 37.1. The Morgan fingerprint density at radius 1 is 1.44 bits per heavy atom. The summed E-state index contributed by atoms with van der Waals surface area (Å²) in [5.41, 5.74) is 3.42. The minimum absolute atomic E-state index is 0.171. The zero-order valence-corrected chi connectivity index (χ0v) is 8.22. The number of halogens is 3. The van der Waals surface area contributed by atoms with Gasteiger partial charge in [0.2, 0.25) is 0 Å². The molecule has 0 saturated carbocycles. The predicted molar refractivity (Wildman–Crippen MR) is 50.6 cm³/mol. The largest absolute Gasteiger partial charge is 0.416 e. The summed E-state index contributed by atoms with van der Waals surface area (Å²) >= 11 is 0. The first-order valence-electron chi connectivity index (χ1n) is 4.19. The molecular weight excluding hydrogens is 221 g/mol. The van der Waals surface area contributed by atoms with Crippen LogP contribution in [0.25, 0.3) is 0 Å². The minimum atomic E-state index is -4.59. The highest BCUT2D eigenvalue weighted by molar-refractivity contribution is 6.01. The van der Waals surface area contributed by atoms with Gasteiger partial charge in [0.25, 0.3) is 0 Å². The van der Waals surface area contributed by atoms with Gasteiger partial charge in [-0.3, -0.25) is 4.79 Å². The fourth-order valence-electron chi connectivity index (χ4n) is 1.31. The van der Waals surface area contributed by atoms with E-state index in [4.69, 9.17) is 11.0 Å². The average molecular weight is 228 g/mol. The number of benzene rings is 1. The highest BCUT2D eigenvalue weighted by Crippen LogP contribution is 2.33. The van der Waals surface area contributed by atoms with E-state index >= 15 is 0 Å². The van der Waals surface area contributed by atoms with Crippen LogP contribution in [0.15, 0.2) is 12.1 Å². The van der Waals surface area contributed by atoms with E-state index in [0.717, 1.165) is 6.92 Å². The molecule has 16 heavy (non-hydrogen) atoms. The second-order valence-electron chi connectivity index (χ2n) is 3.15. The molecule has 0 heterocycles. The molecule has 0 atom stereocenters. The Hall–Kier alpha value is -2.03. The summed E-state index contributed by atoms with van der Waals surface area (Å²) in [5.74, 6) is -0.539. The van der Waals surface area contributed by atoms with Crippen molar-refractivity contribution in [3.8, 4) is 6.07 Å². The number of Topliss-reactive ketones (excluding diaryl/α,β-unsaturated/α-hetero) is 1. The molecule has 6 heteroatoms. The molecule has 0 saturated heterocycles. The smallest absolute Gasteiger partial charge is 0.398 e. The van der Waals surface area contributed by atoms with E-state index < -0.39 is 17.5 Å². The monoisotopic (exact) mass is 228 g/mol. The number of anilines is 1. The van der Waals surface area contributed by atoms with E-state index in [-0.39, 0.29) is 16.8 Å². The van der Waals surface area contributed by atoms with Gasteiger partial charge in [-0.05, 0) is 19.1 Å². The summed E-state index contributed by atoms with van der Waals surface area (Å²) in [6, 6.07) is 2.80. The van der Waals surface area contributed by atoms with Crippen LogP contribution in [0.4, 0.5) is 18.9 Å². The van der Waals surface area contributed by atoms with E-state index in [1.54, 1.807) is 0 Å². The normalized spacial score (nSPS) is 10.9. The zero-order chi connectivity index (χ0) is 12.5. The summed E-state index contributed by atoms with van der Waals surface area (Å²) in [5, 5.41) is 8.66. The van der Waals surface area contributed by atoms with Gasteiger partial charge in [-0.25, -0.2) is 0 Å². The number of nitrogen functional groups attached to an aromatic ring is 1. The molecule has 1 aromatic carbocycles. The van der Waals surface area contributed by atoms with Crippen molar-refractivity contribution < 1.29 is 18.0 Å². The molecule has 0 aliphatic carbocycles. The molecule has 0 aromatic heterocycles. The maximum atomic E-state index is 12.4. The third-order valence-electron chi connectivity index (χ3n) is 1.97. The topological polar surface area (TPSA) is 66.9 Å². The maximum Gasteiger partial charge on any atom is 0.416 e. The van der Waals surface area contributed by atoms with Crippen LogP contribution in [-0.2, 0) is 6.18 Å². The van der Waals surface area contributed by atoms with Crippen molar-refractivity contribution in [1.82, 2.24) is 0 Å². The lowest BCUT2D eigenvalue weighted by Gasteiger charge is -2.10. The Labute approximate surface area is 89.3 Å². The Kier molecular flexibility index (Phi) is 2.90. The quantitative estimate of drug-likeness (QED) is 0.592. The molecule has 0 spiro atoms. The first-order valence-corrected chi connectivity index (χ1v) is 4.19. The molecule has 0 bridgehead atoms. The molecule has 84 valence electrons. The Bertz CT molecular complexity index is 486. The summed E-state index contributed by atoms with van der Waals surface area (Å²) in [6.07, 6.45) is -4.59. The van der Waals surface area contributed by atoms with E-state index in [9.17, 15) is 18.0 Å². The molecule has 0 amide bonds. The van der Waals surface area contributed by atoms with Crippen LogP contribution in [0.5, 0.6) is 0 Å². The lowest BCUT2D eigenvalue weighted by molar-refractivity contribution is -0.137. The lowest BCUT2D eigenvalue weighted by Crippen LogP contribution is -2.10. The van der Waals surface area contributed by atoms with Crippen LogP contribution in [0.2, 0.25) is 0 Å². The van der Waals surface area contributed by atoms with Crippen molar-refractivity contribution in [2.75, 3.05) is 5.73 Å². The number of nitrogens with zero attached hydrogens (tertiary/aromatic N) is 1. The van der Waals surface area contributed by atoms with Gasteiger partial charge in [0.15, 0.2) is 5.78 Å². The van der Waals surface area contributed by atoms with Gasteiger partial charge < -0.3 is 5.73 Å². The zero-order valence-electron chi connectivity index (χ0n) is 8.22. The van der Waals surface area contributed by atoms with Crippen LogP contribution in [-0.4, -0.2) is 5.78 Å². The van der Waals surface area contributed by atoms with Crippen molar-refractivity contribution in [3.63, 3.8) is 0 Å². The molecule has 0 fully saturated rings. The fraction of sp³-hybridized carbons (Fsp3) is 0.200. The summed E-state index contributed by atoms with van der Waals surface area (Å²) in [4.78, 5) is 11.1. The van der Waals surface area contributed by atoms with E-state index in [2.05, 4.69) is 0 Å². The number of hydrogen-bond acceptors (Lipinski definition) is 3. The standard InChI is InChI=1S/C10H7F3N2O/c1-5(16)9-6(4-14)2-7(3-8(9)15)10(11,12)13/h2-3H,15H2,1H3. The molecule has 0 aliphatic heterocycles. The van der Waals surface area contributed by atoms with Gasteiger partial charge in [-0.2, -0.15) is 18.4 Å². The minimum Gasteiger partial charge on any atom is -0.398 e. The van der Waals surface area contributed by atoms with Crippen LogP contribution in [0.3, 0.4) is 0 Å². The molecule has 0 radical (unpaired) electrons. The summed E-state index contributed by atoms with van der Waals surface area (Å²) in [6.45, 7) is 1.14. The van der Waals surface area contributed by atoms with Crippen LogP contribution in [0, 0.1) is 11.3 Å². The van der Waals surface area contributed by atoms with Gasteiger partial charge in [-0.1, -0.05) is 0 Å². The van der Waals surface area contributed by atoms with E-state index in [1.165, 1.54) is 6.07 Å². The number of carbonyl (C=O) groups is 1. The molecular formula is C10H7F3N2O. The van der Waals surface area contributed by atoms with Gasteiger partial charge in [0, 0.05) is 5.69 Å². The van der Waals surface area contributed by atoms with Crippen molar-refractivity contribution >= 4 is 11.5 Å². The van der Waals surface area contributed by atoms with Crippen molar-refractivity contribution in [1.29, 1.82) is 5.26 Å². The first kappa shape index (κ1) is 12.0. The number of nitrogens with two attached hydrogens (primary N) is 1. The molecule has 3 nitrogen and oxygen atoms in total. The SMILES string of the molecule is CC(=O)c1c(N)cc(C(F)(F)F)cc1C#N. The van der Waals surface area contributed by atoms with Gasteiger partial charge in [0.1, 0.15) is 0 Å². The second kappa shape index (κ2) is 3.85. The highest BCUT2D eigenvalue weighted by Gasteiger charge is 2.32. The molecule has 0 unspecified atom stereocenters. The summed E-state index contributed by atoms with van der Waals surface area (Å²) in [7, 11) is 0. The number of rotatable bonds is 1. The highest BCUT2D eigenvalue weighted by atomic mass is 19.4. The van der Waals surface area contributed by atoms with Crippen LogP contribution >= 0.6 is 0 Å². The second-order valence-corrected chi connectivity index (χ2v) is 3.15. The number of nitriles is 1.